The van der Waals surface area contributed by atoms with E-state index in [0.717, 1.165) is 21.5 Å². The molecule has 0 bridgehead atoms. The maximum Gasteiger partial charge on any atom is 0.128 e. The van der Waals surface area contributed by atoms with E-state index in [-0.39, 0.29) is 5.41 Å². The van der Waals surface area contributed by atoms with Crippen molar-refractivity contribution in [2.45, 2.75) is 26.2 Å². The minimum absolute atomic E-state index is 0.144. The van der Waals surface area contributed by atoms with Crippen molar-refractivity contribution in [3.05, 3.63) is 72.6 Å². The second-order valence-corrected chi connectivity index (χ2v) is 9.02. The topological polar surface area (TPSA) is 25.8 Å². The third-order valence-corrected chi connectivity index (χ3v) is 6.25. The summed E-state index contributed by atoms with van der Waals surface area (Å²) in [4.78, 5) is 10.3. The van der Waals surface area contributed by atoms with E-state index in [1.807, 2.05) is 0 Å². The van der Waals surface area contributed by atoms with Crippen LogP contribution in [0.25, 0.3) is 42.3 Å². The van der Waals surface area contributed by atoms with Gasteiger partial charge < -0.3 is 0 Å². The van der Waals surface area contributed by atoms with Crippen molar-refractivity contribution >= 4 is 42.4 Å². The number of nitrogens with zero attached hydrogens (tertiary/aromatic N) is 2. The lowest BCUT2D eigenvalue weighted by Crippen LogP contribution is -2.10. The summed E-state index contributed by atoms with van der Waals surface area (Å²) in [5, 5.41) is 4.95. The number of fused-ring (bicyclic) bond motifs is 5. The lowest BCUT2D eigenvalue weighted by molar-refractivity contribution is 0.590. The Kier molecular flexibility index (Phi) is 3.56. The number of thiophene rings is 1. The second kappa shape index (κ2) is 5.86. The normalized spacial score (nSPS) is 12.3. The van der Waals surface area contributed by atoms with Gasteiger partial charge in [-0.1, -0.05) is 75.4 Å². The first-order chi connectivity index (χ1) is 13.0. The van der Waals surface area contributed by atoms with Gasteiger partial charge in [0.15, 0.2) is 0 Å². The number of rotatable bonds is 1. The Balaban J connectivity index is 1.84. The molecule has 2 nitrogen and oxygen atoms in total. The third kappa shape index (κ3) is 2.62. The molecule has 0 unspecified atom stereocenters. The van der Waals surface area contributed by atoms with Gasteiger partial charge in [-0.05, 0) is 27.8 Å². The highest BCUT2D eigenvalue weighted by atomic mass is 32.1. The van der Waals surface area contributed by atoms with E-state index in [1.165, 1.54) is 26.4 Å². The molecule has 0 N–H and O–H groups in total. The first-order valence-electron chi connectivity index (χ1n) is 9.18. The third-order valence-electron chi connectivity index (χ3n) is 5.18. The molecule has 0 atom stereocenters. The van der Waals surface area contributed by atoms with Gasteiger partial charge in [-0.2, -0.15) is 0 Å². The Labute approximate surface area is 162 Å². The molecule has 0 aliphatic heterocycles. The van der Waals surface area contributed by atoms with Gasteiger partial charge in [-0.15, -0.1) is 11.3 Å². The zero-order chi connectivity index (χ0) is 18.6. The molecule has 0 saturated carbocycles. The van der Waals surface area contributed by atoms with Gasteiger partial charge in [0.2, 0.25) is 0 Å². The van der Waals surface area contributed by atoms with Crippen molar-refractivity contribution in [3.8, 4) is 11.3 Å². The average molecular weight is 369 g/mol. The predicted molar refractivity (Wildman–Crippen MR) is 117 cm³/mol. The van der Waals surface area contributed by atoms with Crippen LogP contribution in [0.15, 0.2) is 67.0 Å². The summed E-state index contributed by atoms with van der Waals surface area (Å²) in [6.45, 7) is 6.72. The molecular formula is C24H20N2S. The highest BCUT2D eigenvalue weighted by Crippen LogP contribution is 2.41. The maximum absolute atomic E-state index is 4.69. The Hall–Kier alpha value is -2.78. The summed E-state index contributed by atoms with van der Waals surface area (Å²) in [6.07, 6.45) is 1.69. The largest absolute Gasteiger partial charge is 0.236 e. The Morgan fingerprint density at radius 1 is 0.778 bits per heavy atom. The van der Waals surface area contributed by atoms with Crippen molar-refractivity contribution in [2.75, 3.05) is 0 Å². The van der Waals surface area contributed by atoms with Crippen LogP contribution >= 0.6 is 11.3 Å². The van der Waals surface area contributed by atoms with Crippen molar-refractivity contribution in [1.29, 1.82) is 0 Å². The van der Waals surface area contributed by atoms with Crippen LogP contribution in [-0.4, -0.2) is 9.97 Å². The smallest absolute Gasteiger partial charge is 0.128 e. The highest BCUT2D eigenvalue weighted by Gasteiger charge is 2.17. The fraction of sp³-hybridized carbons (Fsp3) is 0.167. The SMILES string of the molecule is CC(C)(C)c1ccc(-c2ncnc3sc4ccc5ccccc5c4c23)cc1. The predicted octanol–water partition coefficient (Wildman–Crippen LogP) is 6.96. The Bertz CT molecular complexity index is 1290. The van der Waals surface area contributed by atoms with Crippen LogP contribution in [0.2, 0.25) is 0 Å². The van der Waals surface area contributed by atoms with E-state index in [4.69, 9.17) is 4.98 Å². The number of hydrogen-bond acceptors (Lipinski definition) is 3. The van der Waals surface area contributed by atoms with Crippen LogP contribution < -0.4 is 0 Å². The zero-order valence-electron chi connectivity index (χ0n) is 15.7. The fourth-order valence-electron chi connectivity index (χ4n) is 3.72. The first kappa shape index (κ1) is 16.4. The van der Waals surface area contributed by atoms with Crippen LogP contribution in [0.5, 0.6) is 0 Å². The van der Waals surface area contributed by atoms with Crippen LogP contribution in [-0.2, 0) is 5.41 Å². The first-order valence-corrected chi connectivity index (χ1v) is 10.00. The lowest BCUT2D eigenvalue weighted by atomic mass is 9.86. The molecule has 0 fully saturated rings. The van der Waals surface area contributed by atoms with Gasteiger partial charge >= 0.3 is 0 Å². The lowest BCUT2D eigenvalue weighted by Gasteiger charge is -2.19. The minimum Gasteiger partial charge on any atom is -0.236 e. The summed E-state index contributed by atoms with van der Waals surface area (Å²) in [7, 11) is 0. The molecule has 0 spiro atoms. The standard InChI is InChI=1S/C24H20N2S/c1-24(2,3)17-11-8-16(9-12-17)22-21-20-18-7-5-4-6-15(18)10-13-19(20)27-23(21)26-14-25-22/h4-14H,1-3H3. The summed E-state index contributed by atoms with van der Waals surface area (Å²) in [5.74, 6) is 0. The molecule has 0 saturated heterocycles. The second-order valence-electron chi connectivity index (χ2n) is 7.99. The van der Waals surface area contributed by atoms with E-state index < -0.39 is 0 Å². The molecule has 0 aliphatic carbocycles. The molecule has 27 heavy (non-hydrogen) atoms. The van der Waals surface area contributed by atoms with Gasteiger partial charge in [0, 0.05) is 21.0 Å². The van der Waals surface area contributed by atoms with Crippen molar-refractivity contribution in [3.63, 3.8) is 0 Å². The van der Waals surface area contributed by atoms with Crippen molar-refractivity contribution in [1.82, 2.24) is 9.97 Å². The molecule has 0 radical (unpaired) electrons. The van der Waals surface area contributed by atoms with Crippen LogP contribution in [0.3, 0.4) is 0 Å². The van der Waals surface area contributed by atoms with Gasteiger partial charge in [0.25, 0.3) is 0 Å². The highest BCUT2D eigenvalue weighted by molar-refractivity contribution is 7.25. The molecular weight excluding hydrogens is 348 g/mol. The van der Waals surface area contributed by atoms with Gasteiger partial charge in [-0.3, -0.25) is 0 Å². The van der Waals surface area contributed by atoms with E-state index in [1.54, 1.807) is 17.7 Å². The van der Waals surface area contributed by atoms with Crippen LogP contribution in [0.4, 0.5) is 0 Å². The Morgan fingerprint density at radius 3 is 2.33 bits per heavy atom. The Morgan fingerprint density at radius 2 is 1.56 bits per heavy atom. The summed E-state index contributed by atoms with van der Waals surface area (Å²) < 4.78 is 1.26. The molecule has 3 heteroatoms. The van der Waals surface area contributed by atoms with E-state index in [9.17, 15) is 0 Å². The van der Waals surface area contributed by atoms with E-state index in [0.29, 0.717) is 0 Å². The van der Waals surface area contributed by atoms with E-state index in [2.05, 4.69) is 86.4 Å². The molecule has 132 valence electrons. The zero-order valence-corrected chi connectivity index (χ0v) is 16.5. The summed E-state index contributed by atoms with van der Waals surface area (Å²) in [5.41, 5.74) is 3.63. The van der Waals surface area contributed by atoms with Crippen LogP contribution in [0, 0.1) is 0 Å². The minimum atomic E-state index is 0.144. The van der Waals surface area contributed by atoms with Crippen molar-refractivity contribution in [2.24, 2.45) is 0 Å². The van der Waals surface area contributed by atoms with Crippen LogP contribution in [0.1, 0.15) is 26.3 Å². The molecule has 5 rings (SSSR count). The summed E-state index contributed by atoms with van der Waals surface area (Å²) in [6, 6.07) is 21.8. The van der Waals surface area contributed by atoms with Crippen molar-refractivity contribution < 1.29 is 0 Å². The van der Waals surface area contributed by atoms with Gasteiger partial charge in [0.05, 0.1) is 5.69 Å². The monoisotopic (exact) mass is 368 g/mol. The molecule has 0 amide bonds. The quantitative estimate of drug-likeness (QED) is 0.319. The van der Waals surface area contributed by atoms with Gasteiger partial charge in [-0.25, -0.2) is 9.97 Å². The molecule has 3 aromatic carbocycles. The summed E-state index contributed by atoms with van der Waals surface area (Å²) >= 11 is 1.74. The molecule has 0 aliphatic rings. The molecule has 5 aromatic rings. The fourth-order valence-corrected chi connectivity index (χ4v) is 4.78. The number of aromatic nitrogens is 2. The van der Waals surface area contributed by atoms with Gasteiger partial charge in [0.1, 0.15) is 11.2 Å². The molecule has 2 aromatic heterocycles. The number of hydrogen-bond donors (Lipinski definition) is 0. The number of benzene rings is 3. The molecule has 2 heterocycles. The van der Waals surface area contributed by atoms with E-state index >= 15 is 0 Å². The average Bonchev–Trinajstić information content (AvgIpc) is 3.06. The maximum atomic E-state index is 4.69.